The van der Waals surface area contributed by atoms with Gasteiger partial charge in [-0.1, -0.05) is 6.07 Å². The van der Waals surface area contributed by atoms with Crippen molar-refractivity contribution in [2.75, 3.05) is 21.3 Å². The van der Waals surface area contributed by atoms with Crippen molar-refractivity contribution in [3.63, 3.8) is 0 Å². The number of aromatic hydroxyl groups is 2. The highest BCUT2D eigenvalue weighted by molar-refractivity contribution is 6.05. The predicted octanol–water partition coefficient (Wildman–Crippen LogP) is 5.18. The fraction of sp³-hybridized carbons (Fsp3) is 0.360. The van der Waals surface area contributed by atoms with Gasteiger partial charge in [0.2, 0.25) is 0 Å². The molecule has 4 rings (SSSR count). The Morgan fingerprint density at radius 3 is 2.33 bits per heavy atom. The minimum atomic E-state index is 0.0453. The molecule has 5 heteroatoms. The van der Waals surface area contributed by atoms with E-state index in [1.165, 1.54) is 6.07 Å². The lowest BCUT2D eigenvalue weighted by Crippen LogP contribution is -2.38. The number of likely N-dealkylation sites (N-methyl/N-ethyl adjacent to an activating group) is 1. The minimum absolute atomic E-state index is 0.0453. The van der Waals surface area contributed by atoms with Crippen LogP contribution in [-0.2, 0) is 6.42 Å². The summed E-state index contributed by atoms with van der Waals surface area (Å²) in [5.74, 6) is 1.68. The topological polar surface area (TPSA) is 62.2 Å². The first kappa shape index (κ1) is 20.4. The van der Waals surface area contributed by atoms with Gasteiger partial charge in [0.25, 0.3) is 0 Å². The van der Waals surface area contributed by atoms with Crippen molar-refractivity contribution in [2.24, 2.45) is 0 Å². The van der Waals surface area contributed by atoms with Crippen LogP contribution in [0, 0.1) is 6.92 Å². The number of hydrogen-bond donors (Lipinski definition) is 2. The number of phenols is 2. The summed E-state index contributed by atoms with van der Waals surface area (Å²) in [6.07, 6.45) is 0.740. The molecule has 1 aliphatic heterocycles. The van der Waals surface area contributed by atoms with Crippen LogP contribution in [0.2, 0.25) is 0 Å². The number of aryl methyl sites for hydroxylation is 1. The van der Waals surface area contributed by atoms with E-state index in [-0.39, 0.29) is 23.6 Å². The van der Waals surface area contributed by atoms with E-state index in [1.807, 2.05) is 25.1 Å². The third kappa shape index (κ3) is 2.96. The highest BCUT2D eigenvalue weighted by Crippen LogP contribution is 2.49. The number of fused-ring (bicyclic) bond motifs is 2. The van der Waals surface area contributed by atoms with Crippen LogP contribution >= 0.6 is 0 Å². The normalized spacial score (nSPS) is 19.0. The van der Waals surface area contributed by atoms with Crippen LogP contribution in [0.3, 0.4) is 0 Å². The molecule has 5 nitrogen and oxygen atoms in total. The van der Waals surface area contributed by atoms with E-state index < -0.39 is 0 Å². The lowest BCUT2D eigenvalue weighted by atomic mass is 9.82. The maximum atomic E-state index is 11.0. The first-order chi connectivity index (χ1) is 14.3. The highest BCUT2D eigenvalue weighted by Gasteiger charge is 2.33. The maximum Gasteiger partial charge on any atom is 0.130 e. The lowest BCUT2D eigenvalue weighted by molar-refractivity contribution is 0.176. The fourth-order valence-corrected chi connectivity index (χ4v) is 4.83. The number of methoxy groups -OCH3 is 2. The Morgan fingerprint density at radius 2 is 1.67 bits per heavy atom. The summed E-state index contributed by atoms with van der Waals surface area (Å²) in [6.45, 7) is 6.29. The van der Waals surface area contributed by atoms with Gasteiger partial charge in [0.05, 0.1) is 19.6 Å². The first-order valence-corrected chi connectivity index (χ1v) is 10.2. The van der Waals surface area contributed by atoms with Crippen molar-refractivity contribution >= 4 is 10.8 Å². The van der Waals surface area contributed by atoms with Gasteiger partial charge in [-0.05, 0) is 74.5 Å². The standard InChI is InChI=1S/C25H29NO4/c1-13-9-17-16(7-8-21(29-5)25(17)22(10-13)30-6)24-18-11-14(2)26(4)15(3)23(18)19(27)12-20(24)28/h7-10,12,14-15,27-28H,11H2,1-6H3/t14-,15-/m1/s1. The molecule has 2 atom stereocenters. The van der Waals surface area contributed by atoms with Gasteiger partial charge in [0.1, 0.15) is 23.0 Å². The zero-order valence-corrected chi connectivity index (χ0v) is 18.4. The van der Waals surface area contributed by atoms with Gasteiger partial charge < -0.3 is 19.7 Å². The molecular formula is C25H29NO4. The van der Waals surface area contributed by atoms with Gasteiger partial charge in [-0.15, -0.1) is 0 Å². The quantitative estimate of drug-likeness (QED) is 0.626. The molecule has 0 fully saturated rings. The maximum absolute atomic E-state index is 11.0. The van der Waals surface area contributed by atoms with E-state index in [1.54, 1.807) is 14.2 Å². The molecule has 0 bridgehead atoms. The molecule has 30 heavy (non-hydrogen) atoms. The molecule has 0 saturated carbocycles. The monoisotopic (exact) mass is 407 g/mol. The molecule has 158 valence electrons. The summed E-state index contributed by atoms with van der Waals surface area (Å²) in [4.78, 5) is 2.25. The van der Waals surface area contributed by atoms with Gasteiger partial charge in [-0.2, -0.15) is 0 Å². The second-order valence-electron chi connectivity index (χ2n) is 8.28. The molecule has 0 saturated heterocycles. The minimum Gasteiger partial charge on any atom is -0.507 e. The average Bonchev–Trinajstić information content (AvgIpc) is 2.71. The molecule has 0 spiro atoms. The third-order valence-corrected chi connectivity index (χ3v) is 6.55. The van der Waals surface area contributed by atoms with Crippen LogP contribution in [0.1, 0.15) is 36.6 Å². The second-order valence-corrected chi connectivity index (χ2v) is 8.28. The zero-order valence-electron chi connectivity index (χ0n) is 18.4. The average molecular weight is 408 g/mol. The number of phenolic OH excluding ortho intramolecular Hbond substituents is 2. The Labute approximate surface area is 177 Å². The van der Waals surface area contributed by atoms with Gasteiger partial charge in [0.15, 0.2) is 0 Å². The number of ether oxygens (including phenoxy) is 2. The van der Waals surface area contributed by atoms with Crippen LogP contribution < -0.4 is 9.47 Å². The SMILES string of the molecule is COc1ccc(-c2c(O)cc(O)c3c2C[C@@H](C)N(C)[C@@H]3C)c2cc(C)cc(OC)c12. The molecule has 1 aliphatic rings. The van der Waals surface area contributed by atoms with E-state index >= 15 is 0 Å². The fourth-order valence-electron chi connectivity index (χ4n) is 4.83. The number of rotatable bonds is 3. The molecule has 0 aromatic heterocycles. The molecule has 0 unspecified atom stereocenters. The molecule has 2 N–H and O–H groups in total. The van der Waals surface area contributed by atoms with Crippen molar-refractivity contribution in [1.29, 1.82) is 0 Å². The van der Waals surface area contributed by atoms with E-state index in [0.717, 1.165) is 56.5 Å². The van der Waals surface area contributed by atoms with Gasteiger partial charge >= 0.3 is 0 Å². The van der Waals surface area contributed by atoms with Crippen LogP contribution in [0.5, 0.6) is 23.0 Å². The Balaban J connectivity index is 2.11. The number of benzene rings is 3. The summed E-state index contributed by atoms with van der Waals surface area (Å²) < 4.78 is 11.3. The van der Waals surface area contributed by atoms with Crippen LogP contribution in [0.15, 0.2) is 30.3 Å². The lowest BCUT2D eigenvalue weighted by Gasteiger charge is -2.39. The molecule has 0 aliphatic carbocycles. The molecule has 0 radical (unpaired) electrons. The van der Waals surface area contributed by atoms with Crippen molar-refractivity contribution in [3.8, 4) is 34.1 Å². The van der Waals surface area contributed by atoms with Crippen LogP contribution in [-0.4, -0.2) is 42.4 Å². The second kappa shape index (κ2) is 7.40. The Hall–Kier alpha value is -2.92. The van der Waals surface area contributed by atoms with E-state index in [0.29, 0.717) is 0 Å². The summed E-state index contributed by atoms with van der Waals surface area (Å²) in [5, 5.41) is 23.5. The Bertz CT molecular complexity index is 1140. The van der Waals surface area contributed by atoms with Crippen molar-refractivity contribution in [3.05, 3.63) is 47.0 Å². The number of hydrogen-bond acceptors (Lipinski definition) is 5. The van der Waals surface area contributed by atoms with Crippen molar-refractivity contribution in [2.45, 2.75) is 39.3 Å². The molecule has 3 aromatic carbocycles. The summed E-state index contributed by atoms with van der Waals surface area (Å²) in [5.41, 5.74) is 4.62. The van der Waals surface area contributed by atoms with Crippen molar-refractivity contribution < 1.29 is 19.7 Å². The Kier molecular flexibility index (Phi) is 5.02. The molecule has 0 amide bonds. The number of nitrogens with zero attached hydrogens (tertiary/aromatic N) is 1. The third-order valence-electron chi connectivity index (χ3n) is 6.55. The van der Waals surface area contributed by atoms with Gasteiger partial charge in [-0.3, -0.25) is 4.90 Å². The van der Waals surface area contributed by atoms with Gasteiger partial charge in [0, 0.05) is 29.3 Å². The largest absolute Gasteiger partial charge is 0.507 e. The van der Waals surface area contributed by atoms with E-state index in [4.69, 9.17) is 9.47 Å². The summed E-state index contributed by atoms with van der Waals surface area (Å²) >= 11 is 0. The first-order valence-electron chi connectivity index (χ1n) is 10.2. The highest BCUT2D eigenvalue weighted by atomic mass is 16.5. The van der Waals surface area contributed by atoms with Crippen LogP contribution in [0.25, 0.3) is 21.9 Å². The Morgan fingerprint density at radius 1 is 0.967 bits per heavy atom. The summed E-state index contributed by atoms with van der Waals surface area (Å²) in [6, 6.07) is 9.78. The summed E-state index contributed by atoms with van der Waals surface area (Å²) in [7, 11) is 5.37. The smallest absolute Gasteiger partial charge is 0.130 e. The predicted molar refractivity (Wildman–Crippen MR) is 120 cm³/mol. The van der Waals surface area contributed by atoms with Crippen LogP contribution in [0.4, 0.5) is 0 Å². The molecule has 1 heterocycles. The van der Waals surface area contributed by atoms with E-state index in [9.17, 15) is 10.2 Å². The zero-order chi connectivity index (χ0) is 21.7. The van der Waals surface area contributed by atoms with E-state index in [2.05, 4.69) is 31.9 Å². The van der Waals surface area contributed by atoms with Crippen molar-refractivity contribution in [1.82, 2.24) is 4.90 Å². The van der Waals surface area contributed by atoms with Gasteiger partial charge in [-0.25, -0.2) is 0 Å². The molecule has 3 aromatic rings. The molecular weight excluding hydrogens is 378 g/mol.